The Hall–Kier alpha value is -2.97. The number of nitrogens with one attached hydrogen (secondary N) is 1. The standard InChI is InChI=1S/C18H19ClN6O2.ClH/c1-12-22-24-18(25(12)20)23-21-10-13-7-5-9-16(26-2)17(13)27-11-14-6-3-4-8-15(14)19;/h3-10H,11,20H2,1-2H3,(H,23,24);1H. The van der Waals surface area contributed by atoms with Gasteiger partial charge in [-0.2, -0.15) is 5.10 Å². The molecule has 2 aromatic carbocycles. The van der Waals surface area contributed by atoms with Crippen LogP contribution < -0.4 is 20.7 Å². The van der Waals surface area contributed by atoms with Gasteiger partial charge in [0.15, 0.2) is 17.3 Å². The van der Waals surface area contributed by atoms with E-state index < -0.39 is 0 Å². The molecule has 0 aliphatic rings. The molecule has 0 radical (unpaired) electrons. The van der Waals surface area contributed by atoms with Gasteiger partial charge in [0.05, 0.1) is 13.3 Å². The first-order chi connectivity index (χ1) is 13.1. The third kappa shape index (κ3) is 4.85. The van der Waals surface area contributed by atoms with Crippen molar-refractivity contribution in [2.75, 3.05) is 18.4 Å². The predicted octanol–water partition coefficient (Wildman–Crippen LogP) is 3.41. The number of hydrogen-bond acceptors (Lipinski definition) is 7. The van der Waals surface area contributed by atoms with Crippen molar-refractivity contribution in [2.24, 2.45) is 5.10 Å². The summed E-state index contributed by atoms with van der Waals surface area (Å²) in [4.78, 5) is 0. The number of rotatable bonds is 7. The van der Waals surface area contributed by atoms with Crippen molar-refractivity contribution in [3.05, 3.63) is 64.4 Å². The number of hydrogen-bond donors (Lipinski definition) is 2. The lowest BCUT2D eigenvalue weighted by atomic mass is 10.2. The lowest BCUT2D eigenvalue weighted by molar-refractivity contribution is 0.284. The second-order valence-electron chi connectivity index (χ2n) is 5.57. The minimum absolute atomic E-state index is 0. The van der Waals surface area contributed by atoms with Crippen molar-refractivity contribution in [3.8, 4) is 11.5 Å². The van der Waals surface area contributed by atoms with Crippen molar-refractivity contribution in [3.63, 3.8) is 0 Å². The van der Waals surface area contributed by atoms with Gasteiger partial charge in [0.1, 0.15) is 6.61 Å². The monoisotopic (exact) mass is 422 g/mol. The van der Waals surface area contributed by atoms with Gasteiger partial charge < -0.3 is 15.3 Å². The van der Waals surface area contributed by atoms with E-state index >= 15 is 0 Å². The zero-order valence-electron chi connectivity index (χ0n) is 15.3. The number of anilines is 1. The molecule has 148 valence electrons. The molecule has 0 amide bonds. The average molecular weight is 423 g/mol. The first-order valence-corrected chi connectivity index (χ1v) is 8.47. The van der Waals surface area contributed by atoms with Crippen molar-refractivity contribution >= 4 is 36.2 Å². The van der Waals surface area contributed by atoms with Gasteiger partial charge in [-0.3, -0.25) is 0 Å². The van der Waals surface area contributed by atoms with Gasteiger partial charge in [-0.1, -0.05) is 35.9 Å². The Morgan fingerprint density at radius 2 is 2.00 bits per heavy atom. The van der Waals surface area contributed by atoms with Gasteiger partial charge in [-0.15, -0.1) is 22.6 Å². The van der Waals surface area contributed by atoms with E-state index in [0.717, 1.165) is 5.56 Å². The zero-order valence-corrected chi connectivity index (χ0v) is 16.9. The van der Waals surface area contributed by atoms with E-state index in [1.54, 1.807) is 20.2 Å². The number of aromatic nitrogens is 3. The molecule has 0 spiro atoms. The van der Waals surface area contributed by atoms with Crippen molar-refractivity contribution < 1.29 is 9.47 Å². The molecule has 0 aliphatic heterocycles. The minimum atomic E-state index is 0. The maximum Gasteiger partial charge on any atom is 0.263 e. The Kier molecular flexibility index (Phi) is 7.48. The van der Waals surface area contributed by atoms with Crippen molar-refractivity contribution in [2.45, 2.75) is 13.5 Å². The van der Waals surface area contributed by atoms with Gasteiger partial charge in [-0.25, -0.2) is 10.1 Å². The van der Waals surface area contributed by atoms with Gasteiger partial charge in [0.2, 0.25) is 0 Å². The summed E-state index contributed by atoms with van der Waals surface area (Å²) in [5.41, 5.74) is 4.34. The number of para-hydroxylation sites is 1. The summed E-state index contributed by atoms with van der Waals surface area (Å²) in [6.45, 7) is 2.04. The molecule has 0 saturated carbocycles. The number of methoxy groups -OCH3 is 1. The summed E-state index contributed by atoms with van der Waals surface area (Å²) >= 11 is 6.20. The molecule has 3 N–H and O–H groups in total. The third-order valence-corrected chi connectivity index (χ3v) is 4.16. The number of halogens is 2. The Labute approximate surface area is 173 Å². The second-order valence-corrected chi connectivity index (χ2v) is 5.98. The molecule has 0 unspecified atom stereocenters. The van der Waals surface area contributed by atoms with E-state index in [1.807, 2.05) is 42.5 Å². The molecule has 3 rings (SSSR count). The van der Waals surface area contributed by atoms with E-state index in [1.165, 1.54) is 4.68 Å². The zero-order chi connectivity index (χ0) is 19.2. The Balaban J connectivity index is 0.00000280. The fraction of sp³-hybridized carbons (Fsp3) is 0.167. The Morgan fingerprint density at radius 3 is 2.68 bits per heavy atom. The average Bonchev–Trinajstić information content (AvgIpc) is 3.00. The number of aryl methyl sites for hydroxylation is 1. The van der Waals surface area contributed by atoms with Crippen LogP contribution in [0.15, 0.2) is 47.6 Å². The van der Waals surface area contributed by atoms with E-state index in [-0.39, 0.29) is 12.4 Å². The van der Waals surface area contributed by atoms with Crippen LogP contribution in [0.1, 0.15) is 17.0 Å². The Morgan fingerprint density at radius 1 is 1.21 bits per heavy atom. The largest absolute Gasteiger partial charge is 0.493 e. The van der Waals surface area contributed by atoms with E-state index in [9.17, 15) is 0 Å². The molecule has 1 heterocycles. The highest BCUT2D eigenvalue weighted by Gasteiger charge is 2.11. The topological polar surface area (TPSA) is 99.6 Å². The maximum atomic E-state index is 6.20. The molecule has 0 saturated heterocycles. The predicted molar refractivity (Wildman–Crippen MR) is 112 cm³/mol. The summed E-state index contributed by atoms with van der Waals surface area (Å²) in [6.07, 6.45) is 1.59. The van der Waals surface area contributed by atoms with Crippen LogP contribution in [0, 0.1) is 6.92 Å². The highest BCUT2D eigenvalue weighted by molar-refractivity contribution is 6.31. The number of nitrogen functional groups attached to an aromatic ring is 1. The summed E-state index contributed by atoms with van der Waals surface area (Å²) in [7, 11) is 1.58. The van der Waals surface area contributed by atoms with Crippen LogP contribution in [0.3, 0.4) is 0 Å². The number of ether oxygens (including phenoxy) is 2. The van der Waals surface area contributed by atoms with E-state index in [2.05, 4.69) is 20.7 Å². The minimum Gasteiger partial charge on any atom is -0.493 e. The summed E-state index contributed by atoms with van der Waals surface area (Å²) in [5.74, 6) is 7.81. The fourth-order valence-electron chi connectivity index (χ4n) is 2.32. The molecule has 1 aromatic heterocycles. The highest BCUT2D eigenvalue weighted by Crippen LogP contribution is 2.31. The number of benzene rings is 2. The molecule has 0 fully saturated rings. The molecular weight excluding hydrogens is 403 g/mol. The summed E-state index contributed by atoms with van der Waals surface area (Å²) in [6, 6.07) is 13.0. The van der Waals surface area contributed by atoms with Crippen LogP contribution in [0.25, 0.3) is 0 Å². The molecule has 3 aromatic rings. The molecule has 28 heavy (non-hydrogen) atoms. The second kappa shape index (κ2) is 9.82. The molecular formula is C18H20Cl2N6O2. The first-order valence-electron chi connectivity index (χ1n) is 8.09. The van der Waals surface area contributed by atoms with Crippen LogP contribution in [0.2, 0.25) is 5.02 Å². The van der Waals surface area contributed by atoms with Crippen LogP contribution in [0.5, 0.6) is 11.5 Å². The van der Waals surface area contributed by atoms with Crippen LogP contribution in [0.4, 0.5) is 5.95 Å². The van der Waals surface area contributed by atoms with Gasteiger partial charge >= 0.3 is 0 Å². The number of nitrogens with two attached hydrogens (primary N) is 1. The fourth-order valence-corrected chi connectivity index (χ4v) is 2.51. The van der Waals surface area contributed by atoms with Crippen LogP contribution >= 0.6 is 24.0 Å². The van der Waals surface area contributed by atoms with Crippen molar-refractivity contribution in [1.82, 2.24) is 14.9 Å². The molecule has 0 aliphatic carbocycles. The number of hydrazone groups is 1. The first kappa shape index (κ1) is 21.3. The molecule has 8 nitrogen and oxygen atoms in total. The van der Waals surface area contributed by atoms with Crippen LogP contribution in [-0.2, 0) is 6.61 Å². The molecule has 0 atom stereocenters. The van der Waals surface area contributed by atoms with Gasteiger partial charge in [0.25, 0.3) is 5.95 Å². The van der Waals surface area contributed by atoms with Crippen LogP contribution in [-0.4, -0.2) is 28.2 Å². The molecule has 0 bridgehead atoms. The normalized spacial score (nSPS) is 10.5. The Bertz CT molecular complexity index is 961. The van der Waals surface area contributed by atoms with Gasteiger partial charge in [-0.05, 0) is 25.1 Å². The van der Waals surface area contributed by atoms with E-state index in [0.29, 0.717) is 40.5 Å². The SMILES string of the molecule is COc1cccc(C=NNc2nnc(C)n2N)c1OCc1ccccc1Cl.Cl. The number of nitrogens with zero attached hydrogens (tertiary/aromatic N) is 4. The third-order valence-electron chi connectivity index (χ3n) is 3.79. The molecule has 10 heteroatoms. The lowest BCUT2D eigenvalue weighted by Crippen LogP contribution is -2.13. The smallest absolute Gasteiger partial charge is 0.263 e. The van der Waals surface area contributed by atoms with Crippen molar-refractivity contribution in [1.29, 1.82) is 0 Å². The highest BCUT2D eigenvalue weighted by atomic mass is 35.5. The quantitative estimate of drug-likeness (QED) is 0.343. The summed E-state index contributed by atoms with van der Waals surface area (Å²) < 4.78 is 12.7. The van der Waals surface area contributed by atoms with E-state index in [4.69, 9.17) is 26.9 Å². The maximum absolute atomic E-state index is 6.20. The lowest BCUT2D eigenvalue weighted by Gasteiger charge is -2.13. The summed E-state index contributed by atoms with van der Waals surface area (Å²) in [5, 5.41) is 12.5. The van der Waals surface area contributed by atoms with Gasteiger partial charge in [0, 0.05) is 16.1 Å².